The van der Waals surface area contributed by atoms with E-state index in [0.29, 0.717) is 17.8 Å². The van der Waals surface area contributed by atoms with Crippen LogP contribution in [0.15, 0.2) is 60.8 Å². The van der Waals surface area contributed by atoms with Gasteiger partial charge in [0.1, 0.15) is 11.4 Å². The van der Waals surface area contributed by atoms with Crippen molar-refractivity contribution in [2.24, 2.45) is 0 Å². The Labute approximate surface area is 188 Å². The van der Waals surface area contributed by atoms with Crippen molar-refractivity contribution in [1.29, 1.82) is 0 Å². The second-order valence-corrected chi connectivity index (χ2v) is 8.09. The summed E-state index contributed by atoms with van der Waals surface area (Å²) in [6, 6.07) is 17.8. The number of hydrogen-bond donors (Lipinski definition) is 1. The molecule has 32 heavy (non-hydrogen) atoms. The highest BCUT2D eigenvalue weighted by molar-refractivity contribution is 6.00. The van der Waals surface area contributed by atoms with Crippen molar-refractivity contribution in [3.8, 4) is 17.0 Å². The lowest BCUT2D eigenvalue weighted by molar-refractivity contribution is 0.0342. The van der Waals surface area contributed by atoms with Gasteiger partial charge in [-0.25, -0.2) is 0 Å². The molecule has 1 N–H and O–H groups in total. The zero-order valence-electron chi connectivity index (χ0n) is 18.7. The molecule has 7 nitrogen and oxygen atoms in total. The van der Waals surface area contributed by atoms with Crippen LogP contribution in [0, 0.1) is 0 Å². The molecule has 2 aromatic carbocycles. The van der Waals surface area contributed by atoms with Gasteiger partial charge in [0, 0.05) is 37.4 Å². The van der Waals surface area contributed by atoms with E-state index in [-0.39, 0.29) is 11.9 Å². The van der Waals surface area contributed by atoms with Crippen LogP contribution in [0.4, 0.5) is 0 Å². The summed E-state index contributed by atoms with van der Waals surface area (Å²) in [5, 5.41) is 7.92. The van der Waals surface area contributed by atoms with Crippen LogP contribution in [0.25, 0.3) is 11.3 Å². The van der Waals surface area contributed by atoms with Crippen molar-refractivity contribution in [3.63, 3.8) is 0 Å². The number of ether oxygens (including phenoxy) is 2. The number of benzene rings is 2. The summed E-state index contributed by atoms with van der Waals surface area (Å²) in [5.74, 6) is 0.651. The number of carbonyl (C=O) groups is 1. The Kier molecular flexibility index (Phi) is 7.19. The van der Waals surface area contributed by atoms with Gasteiger partial charge in [0.2, 0.25) is 0 Å². The van der Waals surface area contributed by atoms with E-state index in [9.17, 15) is 4.79 Å². The van der Waals surface area contributed by atoms with E-state index in [1.54, 1.807) is 7.11 Å². The predicted octanol–water partition coefficient (Wildman–Crippen LogP) is 3.06. The van der Waals surface area contributed by atoms with Crippen LogP contribution < -0.4 is 10.1 Å². The van der Waals surface area contributed by atoms with Gasteiger partial charge in [-0.05, 0) is 36.8 Å². The quantitative estimate of drug-likeness (QED) is 0.590. The number of methoxy groups -OCH3 is 1. The maximum atomic E-state index is 13.2. The Balaban J connectivity index is 1.55. The maximum Gasteiger partial charge on any atom is 0.255 e. The molecule has 1 aliphatic heterocycles. The Hall–Kier alpha value is -3.16. The smallest absolute Gasteiger partial charge is 0.255 e. The zero-order chi connectivity index (χ0) is 22.3. The summed E-state index contributed by atoms with van der Waals surface area (Å²) in [6.07, 6.45) is 1.84. The van der Waals surface area contributed by atoms with Gasteiger partial charge in [0.15, 0.2) is 0 Å². The fourth-order valence-corrected chi connectivity index (χ4v) is 3.92. The Morgan fingerprint density at radius 2 is 1.84 bits per heavy atom. The summed E-state index contributed by atoms with van der Waals surface area (Å²) < 4.78 is 12.5. The van der Waals surface area contributed by atoms with Crippen LogP contribution >= 0.6 is 0 Å². The van der Waals surface area contributed by atoms with E-state index in [4.69, 9.17) is 14.6 Å². The largest absolute Gasteiger partial charge is 0.497 e. The number of nitrogens with zero attached hydrogens (tertiary/aromatic N) is 3. The van der Waals surface area contributed by atoms with Crippen LogP contribution in [-0.4, -0.2) is 66.6 Å². The standard InChI is InChI=1S/C25H30N4O3/c1-19(16-28-12-14-32-15-13-28)26-25(30)23-18-29(17-20-6-4-3-5-7-20)27-24(23)21-8-10-22(31-2)11-9-21/h3-11,18-19H,12-17H2,1-2H3,(H,26,30). The van der Waals surface area contributed by atoms with Crippen molar-refractivity contribution in [1.82, 2.24) is 20.0 Å². The van der Waals surface area contributed by atoms with E-state index in [1.165, 1.54) is 0 Å². The topological polar surface area (TPSA) is 68.6 Å². The van der Waals surface area contributed by atoms with Gasteiger partial charge in [0.25, 0.3) is 5.91 Å². The molecule has 1 aliphatic rings. The van der Waals surface area contributed by atoms with Crippen LogP contribution in [0.3, 0.4) is 0 Å². The molecule has 2 heterocycles. The fourth-order valence-electron chi connectivity index (χ4n) is 3.92. The zero-order valence-corrected chi connectivity index (χ0v) is 18.7. The van der Waals surface area contributed by atoms with Crippen LogP contribution in [0.5, 0.6) is 5.75 Å². The summed E-state index contributed by atoms with van der Waals surface area (Å²) in [7, 11) is 1.64. The molecule has 3 aromatic rings. The molecule has 7 heteroatoms. The lowest BCUT2D eigenvalue weighted by Crippen LogP contribution is -2.46. The Bertz CT molecular complexity index is 1010. The number of carbonyl (C=O) groups excluding carboxylic acids is 1. The number of amides is 1. The van der Waals surface area contributed by atoms with Crippen molar-refractivity contribution in [2.75, 3.05) is 40.0 Å². The van der Waals surface area contributed by atoms with Gasteiger partial charge in [-0.3, -0.25) is 14.4 Å². The molecular weight excluding hydrogens is 404 g/mol. The number of hydrogen-bond acceptors (Lipinski definition) is 5. The van der Waals surface area contributed by atoms with Gasteiger partial charge in [-0.15, -0.1) is 0 Å². The van der Waals surface area contributed by atoms with E-state index in [0.717, 1.165) is 49.7 Å². The van der Waals surface area contributed by atoms with Gasteiger partial charge in [-0.1, -0.05) is 30.3 Å². The molecule has 168 valence electrons. The number of aromatic nitrogens is 2. The SMILES string of the molecule is COc1ccc(-c2nn(Cc3ccccc3)cc2C(=O)NC(C)CN2CCOCC2)cc1. The minimum absolute atomic E-state index is 0.0155. The van der Waals surface area contributed by atoms with Gasteiger partial charge in [-0.2, -0.15) is 5.10 Å². The van der Waals surface area contributed by atoms with Crippen molar-refractivity contribution >= 4 is 5.91 Å². The van der Waals surface area contributed by atoms with Crippen molar-refractivity contribution in [2.45, 2.75) is 19.5 Å². The lowest BCUT2D eigenvalue weighted by atomic mass is 10.1. The van der Waals surface area contributed by atoms with Crippen LogP contribution in [-0.2, 0) is 11.3 Å². The predicted molar refractivity (Wildman–Crippen MR) is 124 cm³/mol. The number of rotatable bonds is 8. The van der Waals surface area contributed by atoms with E-state index >= 15 is 0 Å². The molecule has 1 fully saturated rings. The third-order valence-corrected chi connectivity index (χ3v) is 5.57. The van der Waals surface area contributed by atoms with Crippen molar-refractivity contribution < 1.29 is 14.3 Å². The molecule has 0 bridgehead atoms. The monoisotopic (exact) mass is 434 g/mol. The van der Waals surface area contributed by atoms with Gasteiger partial charge in [0.05, 0.1) is 32.4 Å². The maximum absolute atomic E-state index is 13.2. The average molecular weight is 435 g/mol. The molecule has 4 rings (SSSR count). The summed E-state index contributed by atoms with van der Waals surface area (Å²) in [4.78, 5) is 15.6. The molecular formula is C25H30N4O3. The molecule has 1 aromatic heterocycles. The highest BCUT2D eigenvalue weighted by atomic mass is 16.5. The third kappa shape index (κ3) is 5.55. The summed E-state index contributed by atoms with van der Waals surface area (Å²) >= 11 is 0. The van der Waals surface area contributed by atoms with Crippen molar-refractivity contribution in [3.05, 3.63) is 71.9 Å². The summed E-state index contributed by atoms with van der Waals surface area (Å²) in [6.45, 7) is 6.71. The second kappa shape index (κ2) is 10.4. The number of nitrogens with one attached hydrogen (secondary N) is 1. The summed E-state index contributed by atoms with van der Waals surface area (Å²) in [5.41, 5.74) is 3.24. The second-order valence-electron chi connectivity index (χ2n) is 8.09. The lowest BCUT2D eigenvalue weighted by Gasteiger charge is -2.29. The first-order chi connectivity index (χ1) is 15.6. The highest BCUT2D eigenvalue weighted by Crippen LogP contribution is 2.25. The number of morpholine rings is 1. The molecule has 1 saturated heterocycles. The van der Waals surface area contributed by atoms with E-state index in [1.807, 2.05) is 60.3 Å². The minimum atomic E-state index is -0.115. The molecule has 0 saturated carbocycles. The fraction of sp³-hybridized carbons (Fsp3) is 0.360. The van der Waals surface area contributed by atoms with E-state index < -0.39 is 0 Å². The van der Waals surface area contributed by atoms with Gasteiger partial charge < -0.3 is 14.8 Å². The normalized spacial score (nSPS) is 15.3. The molecule has 1 amide bonds. The molecule has 0 radical (unpaired) electrons. The van der Waals surface area contributed by atoms with Gasteiger partial charge >= 0.3 is 0 Å². The molecule has 1 atom stereocenters. The van der Waals surface area contributed by atoms with E-state index in [2.05, 4.69) is 22.3 Å². The van der Waals surface area contributed by atoms with Crippen LogP contribution in [0.2, 0.25) is 0 Å². The first kappa shape index (κ1) is 22.0. The highest BCUT2D eigenvalue weighted by Gasteiger charge is 2.21. The third-order valence-electron chi connectivity index (χ3n) is 5.57. The first-order valence-corrected chi connectivity index (χ1v) is 11.0. The molecule has 0 spiro atoms. The minimum Gasteiger partial charge on any atom is -0.497 e. The molecule has 0 aliphatic carbocycles. The molecule has 1 unspecified atom stereocenters. The Morgan fingerprint density at radius 3 is 2.53 bits per heavy atom. The first-order valence-electron chi connectivity index (χ1n) is 11.0. The Morgan fingerprint density at radius 1 is 1.12 bits per heavy atom. The van der Waals surface area contributed by atoms with Crippen LogP contribution in [0.1, 0.15) is 22.8 Å². The average Bonchev–Trinajstić information content (AvgIpc) is 3.24.